The minimum absolute atomic E-state index is 0.224. The molecule has 0 saturated carbocycles. The van der Waals surface area contributed by atoms with E-state index < -0.39 is 0 Å². The third-order valence-electron chi connectivity index (χ3n) is 4.42. The quantitative estimate of drug-likeness (QED) is 0.203. The standard InChI is InChI=1S/C25H39N4/c1-11-15-21(12-2)17-27-20(7)28-25(29(9)10)24(19(5)6)16-22(13-3)23(14-4)18-26-8/h11-12,14-16,18,22H,5,9,13,17H2,1-4,6-8,10H3/q+1/b15-11-,21-12+,23-14+,24-16+,26-18?,27-20?,28-25?. The first-order chi connectivity index (χ1) is 13.7. The normalized spacial score (nSPS) is 16.1. The first-order valence-corrected chi connectivity index (χ1v) is 10.1. The summed E-state index contributed by atoms with van der Waals surface area (Å²) >= 11 is 0. The summed E-state index contributed by atoms with van der Waals surface area (Å²) in [5, 5.41) is 0. The van der Waals surface area contributed by atoms with Gasteiger partial charge in [-0.05, 0) is 55.8 Å². The van der Waals surface area contributed by atoms with E-state index in [1.54, 1.807) is 11.6 Å². The van der Waals surface area contributed by atoms with Crippen molar-refractivity contribution in [2.24, 2.45) is 20.9 Å². The van der Waals surface area contributed by atoms with E-state index in [0.29, 0.717) is 12.4 Å². The summed E-state index contributed by atoms with van der Waals surface area (Å²) in [6, 6.07) is 0. The third-order valence-corrected chi connectivity index (χ3v) is 4.42. The zero-order valence-corrected chi connectivity index (χ0v) is 19.7. The predicted octanol–water partition coefficient (Wildman–Crippen LogP) is 5.84. The summed E-state index contributed by atoms with van der Waals surface area (Å²) in [6.45, 7) is 21.0. The SMILES string of the molecule is C=C(C)/C(=C\C(CC)/C(C=NC)=C/C)C(=NC(C)=NCC(/C=C\C)=C/C)[N+](=C)C. The van der Waals surface area contributed by atoms with Crippen LogP contribution in [-0.2, 0) is 0 Å². The van der Waals surface area contributed by atoms with Crippen LogP contribution >= 0.6 is 0 Å². The highest BCUT2D eigenvalue weighted by atomic mass is 15.1. The molecule has 0 heterocycles. The van der Waals surface area contributed by atoms with Crippen molar-refractivity contribution in [3.63, 3.8) is 0 Å². The first kappa shape index (κ1) is 26.4. The summed E-state index contributed by atoms with van der Waals surface area (Å²) in [4.78, 5) is 13.6. The summed E-state index contributed by atoms with van der Waals surface area (Å²) in [7, 11) is 3.69. The highest BCUT2D eigenvalue weighted by Gasteiger charge is 2.21. The number of likely N-dealkylation sites (N-methyl/N-ethyl adjacent to an activating group) is 1. The molecular formula is C25H39N4+. The van der Waals surface area contributed by atoms with Gasteiger partial charge < -0.3 is 0 Å². The number of rotatable bonds is 9. The minimum atomic E-state index is 0.224. The maximum Gasteiger partial charge on any atom is 0.331 e. The van der Waals surface area contributed by atoms with Crippen molar-refractivity contribution in [3.05, 3.63) is 59.3 Å². The van der Waals surface area contributed by atoms with Crippen molar-refractivity contribution in [1.82, 2.24) is 0 Å². The molecule has 0 rings (SSSR count). The van der Waals surface area contributed by atoms with Gasteiger partial charge >= 0.3 is 5.84 Å². The summed E-state index contributed by atoms with van der Waals surface area (Å²) < 4.78 is 1.78. The second-order valence-electron chi connectivity index (χ2n) is 6.91. The van der Waals surface area contributed by atoms with Gasteiger partial charge in [-0.2, -0.15) is 0 Å². The molecule has 0 radical (unpaired) electrons. The molecule has 0 aliphatic carbocycles. The molecule has 1 atom stereocenters. The second kappa shape index (κ2) is 14.4. The van der Waals surface area contributed by atoms with Gasteiger partial charge in [-0.3, -0.25) is 4.99 Å². The Balaban J connectivity index is 6.21. The fraction of sp³-hybridized carbons (Fsp3) is 0.440. The lowest BCUT2D eigenvalue weighted by molar-refractivity contribution is -0.359. The van der Waals surface area contributed by atoms with Gasteiger partial charge in [0.1, 0.15) is 0 Å². The van der Waals surface area contributed by atoms with Gasteiger partial charge in [0.05, 0.1) is 25.9 Å². The molecule has 0 aromatic heterocycles. The molecule has 0 aromatic carbocycles. The van der Waals surface area contributed by atoms with Gasteiger partial charge in [-0.1, -0.05) is 43.9 Å². The van der Waals surface area contributed by atoms with Crippen LogP contribution in [0.15, 0.2) is 74.2 Å². The fourth-order valence-electron chi connectivity index (χ4n) is 2.79. The fourth-order valence-corrected chi connectivity index (χ4v) is 2.79. The van der Waals surface area contributed by atoms with Crippen LogP contribution in [0.2, 0.25) is 0 Å². The first-order valence-electron chi connectivity index (χ1n) is 10.1. The number of hydrogen-bond acceptors (Lipinski definition) is 2. The average molecular weight is 396 g/mol. The van der Waals surface area contributed by atoms with E-state index in [1.165, 1.54) is 5.57 Å². The van der Waals surface area contributed by atoms with Crippen LogP contribution in [0.3, 0.4) is 0 Å². The van der Waals surface area contributed by atoms with Crippen LogP contribution in [0.5, 0.6) is 0 Å². The van der Waals surface area contributed by atoms with Crippen molar-refractivity contribution in [2.75, 3.05) is 20.6 Å². The molecule has 158 valence electrons. The molecule has 0 aromatic rings. The molecule has 0 spiro atoms. The van der Waals surface area contributed by atoms with E-state index in [0.717, 1.165) is 29.0 Å². The molecular weight excluding hydrogens is 356 g/mol. The highest BCUT2D eigenvalue weighted by molar-refractivity contribution is 6.04. The van der Waals surface area contributed by atoms with Crippen LogP contribution in [0.1, 0.15) is 48.0 Å². The molecule has 0 aliphatic heterocycles. The van der Waals surface area contributed by atoms with Crippen LogP contribution in [0.25, 0.3) is 0 Å². The maximum atomic E-state index is 4.78. The van der Waals surface area contributed by atoms with Crippen molar-refractivity contribution >= 4 is 24.6 Å². The Morgan fingerprint density at radius 3 is 2.21 bits per heavy atom. The monoisotopic (exact) mass is 395 g/mol. The molecule has 4 heteroatoms. The van der Waals surface area contributed by atoms with E-state index >= 15 is 0 Å². The molecule has 4 nitrogen and oxygen atoms in total. The number of allylic oxidation sites excluding steroid dienone is 5. The van der Waals surface area contributed by atoms with E-state index in [9.17, 15) is 0 Å². The van der Waals surface area contributed by atoms with E-state index in [-0.39, 0.29) is 5.92 Å². The Morgan fingerprint density at radius 2 is 1.79 bits per heavy atom. The molecule has 1 unspecified atom stereocenters. The van der Waals surface area contributed by atoms with Crippen molar-refractivity contribution in [1.29, 1.82) is 0 Å². The van der Waals surface area contributed by atoms with Crippen molar-refractivity contribution < 1.29 is 4.58 Å². The molecule has 0 fully saturated rings. The van der Waals surface area contributed by atoms with E-state index in [1.807, 2.05) is 54.0 Å². The van der Waals surface area contributed by atoms with Gasteiger partial charge in [-0.25, -0.2) is 9.57 Å². The topological polar surface area (TPSA) is 40.1 Å². The predicted molar refractivity (Wildman–Crippen MR) is 132 cm³/mol. The van der Waals surface area contributed by atoms with Gasteiger partial charge in [0.2, 0.25) is 5.84 Å². The van der Waals surface area contributed by atoms with Gasteiger partial charge in [-0.15, -0.1) is 0 Å². The molecule has 0 N–H and O–H groups in total. The highest BCUT2D eigenvalue weighted by Crippen LogP contribution is 2.21. The third kappa shape index (κ3) is 9.42. The lowest BCUT2D eigenvalue weighted by Gasteiger charge is -2.14. The van der Waals surface area contributed by atoms with Gasteiger partial charge in [0.15, 0.2) is 0 Å². The van der Waals surface area contributed by atoms with Crippen LogP contribution < -0.4 is 0 Å². The number of aliphatic imine (C=N–C) groups is 3. The number of hydrogen-bond donors (Lipinski definition) is 0. The summed E-state index contributed by atoms with van der Waals surface area (Å²) in [5.41, 5.74) is 4.25. The Labute approximate surface area is 178 Å². The molecule has 29 heavy (non-hydrogen) atoms. The Kier molecular flexibility index (Phi) is 13.1. The summed E-state index contributed by atoms with van der Waals surface area (Å²) in [6.07, 6.45) is 13.3. The lowest BCUT2D eigenvalue weighted by atomic mass is 9.92. The Bertz CT molecular complexity index is 784. The average Bonchev–Trinajstić information content (AvgIpc) is 2.68. The lowest BCUT2D eigenvalue weighted by Crippen LogP contribution is -2.20. The van der Waals surface area contributed by atoms with Gasteiger partial charge in [0, 0.05) is 26.1 Å². The minimum Gasteiger partial charge on any atom is -0.296 e. The maximum absolute atomic E-state index is 4.78. The number of amidine groups is 2. The second-order valence-corrected chi connectivity index (χ2v) is 6.91. The van der Waals surface area contributed by atoms with Crippen LogP contribution in [0.4, 0.5) is 0 Å². The zero-order chi connectivity index (χ0) is 22.4. The van der Waals surface area contributed by atoms with Crippen LogP contribution in [-0.4, -0.2) is 49.8 Å². The van der Waals surface area contributed by atoms with E-state index in [2.05, 4.69) is 54.5 Å². The molecule has 0 amide bonds. The Hall–Kier alpha value is -2.62. The van der Waals surface area contributed by atoms with Crippen molar-refractivity contribution in [3.8, 4) is 0 Å². The molecule has 0 aliphatic rings. The number of nitrogens with zero attached hydrogens (tertiary/aromatic N) is 4. The van der Waals surface area contributed by atoms with Crippen LogP contribution in [0, 0.1) is 5.92 Å². The van der Waals surface area contributed by atoms with Crippen molar-refractivity contribution in [2.45, 2.75) is 48.0 Å². The Morgan fingerprint density at radius 1 is 1.14 bits per heavy atom. The summed E-state index contributed by atoms with van der Waals surface area (Å²) in [5.74, 6) is 1.69. The molecule has 0 saturated heterocycles. The van der Waals surface area contributed by atoms with E-state index in [4.69, 9.17) is 4.99 Å². The zero-order valence-electron chi connectivity index (χ0n) is 19.7. The largest absolute Gasteiger partial charge is 0.331 e. The smallest absolute Gasteiger partial charge is 0.296 e. The molecule has 0 bridgehead atoms. The van der Waals surface area contributed by atoms with Gasteiger partial charge in [0.25, 0.3) is 0 Å².